The van der Waals surface area contributed by atoms with Gasteiger partial charge in [-0.1, -0.05) is 30.3 Å². The predicted molar refractivity (Wildman–Crippen MR) is 112 cm³/mol. The number of carbonyl (C=O) groups is 2. The molecular formula is C23H28N2O4. The van der Waals surface area contributed by atoms with E-state index in [1.165, 1.54) is 0 Å². The molecule has 0 spiro atoms. The summed E-state index contributed by atoms with van der Waals surface area (Å²) in [4.78, 5) is 28.9. The first-order valence-electron chi connectivity index (χ1n) is 9.98. The van der Waals surface area contributed by atoms with Crippen LogP contribution < -0.4 is 4.90 Å². The van der Waals surface area contributed by atoms with Crippen LogP contribution in [0.3, 0.4) is 0 Å². The normalized spacial score (nSPS) is 14.6. The number of nitrogens with zero attached hydrogens (tertiary/aromatic N) is 2. The maximum Gasteiger partial charge on any atom is 0.338 e. The Morgan fingerprint density at radius 1 is 1.03 bits per heavy atom. The second kappa shape index (κ2) is 10.2. The molecule has 0 aliphatic carbocycles. The Bertz CT molecular complexity index is 799. The zero-order valence-corrected chi connectivity index (χ0v) is 17.0. The van der Waals surface area contributed by atoms with Gasteiger partial charge in [-0.05, 0) is 43.7 Å². The van der Waals surface area contributed by atoms with E-state index in [0.29, 0.717) is 5.56 Å². The molecule has 2 aromatic carbocycles. The van der Waals surface area contributed by atoms with Gasteiger partial charge >= 0.3 is 5.97 Å². The fraction of sp³-hybridized carbons (Fsp3) is 0.391. The fourth-order valence-electron chi connectivity index (χ4n) is 3.36. The molecule has 2 aromatic rings. The van der Waals surface area contributed by atoms with Crippen LogP contribution in [0.2, 0.25) is 0 Å². The van der Waals surface area contributed by atoms with Crippen LogP contribution in [-0.2, 0) is 20.8 Å². The second-order valence-corrected chi connectivity index (χ2v) is 7.35. The van der Waals surface area contributed by atoms with Gasteiger partial charge < -0.3 is 14.4 Å². The molecule has 0 bridgehead atoms. The SMILES string of the molecule is CC(C)N(C(=O)COC(=O)c1ccc(CN2CCOCC2)cc1)c1ccccc1. The molecule has 0 radical (unpaired) electrons. The Kier molecular flexibility index (Phi) is 7.38. The monoisotopic (exact) mass is 396 g/mol. The topological polar surface area (TPSA) is 59.1 Å². The molecule has 3 rings (SSSR count). The van der Waals surface area contributed by atoms with Gasteiger partial charge in [0, 0.05) is 31.4 Å². The number of amides is 1. The van der Waals surface area contributed by atoms with Crippen molar-refractivity contribution in [2.24, 2.45) is 0 Å². The molecule has 29 heavy (non-hydrogen) atoms. The van der Waals surface area contributed by atoms with Gasteiger partial charge in [0.15, 0.2) is 6.61 Å². The Labute approximate surface area is 172 Å². The maximum absolute atomic E-state index is 12.6. The first-order valence-corrected chi connectivity index (χ1v) is 9.98. The minimum absolute atomic E-state index is 0.0388. The lowest BCUT2D eigenvalue weighted by Crippen LogP contribution is -2.39. The summed E-state index contributed by atoms with van der Waals surface area (Å²) in [6.45, 7) is 7.75. The second-order valence-electron chi connectivity index (χ2n) is 7.35. The van der Waals surface area contributed by atoms with Crippen molar-refractivity contribution in [2.45, 2.75) is 26.4 Å². The minimum Gasteiger partial charge on any atom is -0.452 e. The Balaban J connectivity index is 1.54. The predicted octanol–water partition coefficient (Wildman–Crippen LogP) is 3.12. The van der Waals surface area contributed by atoms with Gasteiger partial charge in [0.25, 0.3) is 5.91 Å². The van der Waals surface area contributed by atoms with Crippen molar-refractivity contribution in [1.29, 1.82) is 0 Å². The van der Waals surface area contributed by atoms with Crippen molar-refractivity contribution in [3.63, 3.8) is 0 Å². The van der Waals surface area contributed by atoms with Gasteiger partial charge in [0.1, 0.15) is 0 Å². The molecule has 6 nitrogen and oxygen atoms in total. The van der Waals surface area contributed by atoms with E-state index < -0.39 is 5.97 Å². The summed E-state index contributed by atoms with van der Waals surface area (Å²) < 4.78 is 10.6. The number of benzene rings is 2. The summed E-state index contributed by atoms with van der Waals surface area (Å²) in [5, 5.41) is 0. The van der Waals surface area contributed by atoms with Crippen LogP contribution in [0.5, 0.6) is 0 Å². The molecule has 154 valence electrons. The highest BCUT2D eigenvalue weighted by Gasteiger charge is 2.21. The average Bonchev–Trinajstić information content (AvgIpc) is 2.74. The number of anilines is 1. The first kappa shape index (κ1) is 21.0. The number of para-hydroxylation sites is 1. The Hall–Kier alpha value is -2.70. The van der Waals surface area contributed by atoms with E-state index in [0.717, 1.165) is 44.1 Å². The lowest BCUT2D eigenvalue weighted by Gasteiger charge is -2.27. The van der Waals surface area contributed by atoms with Crippen LogP contribution in [0.25, 0.3) is 0 Å². The highest BCUT2D eigenvalue weighted by atomic mass is 16.5. The summed E-state index contributed by atoms with van der Waals surface area (Å²) in [7, 11) is 0. The molecule has 6 heteroatoms. The number of morpholine rings is 1. The van der Waals surface area contributed by atoms with Crippen LogP contribution in [0.15, 0.2) is 54.6 Å². The number of esters is 1. The van der Waals surface area contributed by atoms with Crippen LogP contribution in [-0.4, -0.2) is 55.7 Å². The lowest BCUT2D eigenvalue weighted by atomic mass is 10.1. The summed E-state index contributed by atoms with van der Waals surface area (Å²) in [5.74, 6) is -0.739. The number of carbonyl (C=O) groups excluding carboxylic acids is 2. The van der Waals surface area contributed by atoms with Gasteiger partial charge in [0.2, 0.25) is 0 Å². The summed E-state index contributed by atoms with van der Waals surface area (Å²) in [6.07, 6.45) is 0. The quantitative estimate of drug-likeness (QED) is 0.673. The number of ether oxygens (including phenoxy) is 2. The fourth-order valence-corrected chi connectivity index (χ4v) is 3.36. The highest BCUT2D eigenvalue weighted by molar-refractivity contribution is 5.97. The number of hydrogen-bond acceptors (Lipinski definition) is 5. The largest absolute Gasteiger partial charge is 0.452 e. The van der Waals surface area contributed by atoms with E-state index in [4.69, 9.17) is 9.47 Å². The van der Waals surface area contributed by atoms with E-state index in [2.05, 4.69) is 4.90 Å². The third-order valence-electron chi connectivity index (χ3n) is 4.85. The standard InChI is InChI=1S/C23H28N2O4/c1-18(2)25(21-6-4-3-5-7-21)22(26)17-29-23(27)20-10-8-19(9-11-20)16-24-12-14-28-15-13-24/h3-11,18H,12-17H2,1-2H3. The molecule has 0 aromatic heterocycles. The zero-order chi connectivity index (χ0) is 20.6. The molecule has 0 N–H and O–H groups in total. The lowest BCUT2D eigenvalue weighted by molar-refractivity contribution is -0.122. The summed E-state index contributed by atoms with van der Waals surface area (Å²) in [5.41, 5.74) is 2.37. The summed E-state index contributed by atoms with van der Waals surface area (Å²) >= 11 is 0. The zero-order valence-electron chi connectivity index (χ0n) is 17.0. The molecule has 1 aliphatic heterocycles. The average molecular weight is 396 g/mol. The molecule has 1 fully saturated rings. The van der Waals surface area contributed by atoms with Gasteiger partial charge in [0.05, 0.1) is 18.8 Å². The maximum atomic E-state index is 12.6. The number of rotatable bonds is 7. The molecule has 1 saturated heterocycles. The van der Waals surface area contributed by atoms with Gasteiger partial charge in [-0.3, -0.25) is 9.69 Å². The smallest absolute Gasteiger partial charge is 0.338 e. The van der Waals surface area contributed by atoms with E-state index in [9.17, 15) is 9.59 Å². The molecular weight excluding hydrogens is 368 g/mol. The van der Waals surface area contributed by atoms with Crippen molar-refractivity contribution in [2.75, 3.05) is 37.8 Å². The minimum atomic E-state index is -0.493. The molecule has 0 saturated carbocycles. The van der Waals surface area contributed by atoms with E-state index in [1.807, 2.05) is 56.3 Å². The van der Waals surface area contributed by atoms with Crippen molar-refractivity contribution in [1.82, 2.24) is 4.90 Å². The third-order valence-corrected chi connectivity index (χ3v) is 4.85. The van der Waals surface area contributed by atoms with E-state index in [1.54, 1.807) is 17.0 Å². The van der Waals surface area contributed by atoms with Gasteiger partial charge in [-0.15, -0.1) is 0 Å². The summed E-state index contributed by atoms with van der Waals surface area (Å²) in [6, 6.07) is 16.7. The van der Waals surface area contributed by atoms with Gasteiger partial charge in [-0.2, -0.15) is 0 Å². The van der Waals surface area contributed by atoms with Gasteiger partial charge in [-0.25, -0.2) is 4.79 Å². The number of hydrogen-bond donors (Lipinski definition) is 0. The van der Waals surface area contributed by atoms with Crippen LogP contribution >= 0.6 is 0 Å². The van der Waals surface area contributed by atoms with Crippen molar-refractivity contribution in [3.8, 4) is 0 Å². The van der Waals surface area contributed by atoms with E-state index >= 15 is 0 Å². The first-order chi connectivity index (χ1) is 14.0. The highest BCUT2D eigenvalue weighted by Crippen LogP contribution is 2.17. The molecule has 1 amide bonds. The van der Waals surface area contributed by atoms with Crippen molar-refractivity contribution >= 4 is 17.6 Å². The molecule has 0 unspecified atom stereocenters. The Morgan fingerprint density at radius 3 is 2.31 bits per heavy atom. The Morgan fingerprint density at radius 2 is 1.69 bits per heavy atom. The van der Waals surface area contributed by atoms with Crippen molar-refractivity contribution in [3.05, 3.63) is 65.7 Å². The molecule has 1 aliphatic rings. The van der Waals surface area contributed by atoms with E-state index in [-0.39, 0.29) is 18.6 Å². The van der Waals surface area contributed by atoms with Crippen LogP contribution in [0, 0.1) is 0 Å². The molecule has 1 heterocycles. The van der Waals surface area contributed by atoms with Crippen molar-refractivity contribution < 1.29 is 19.1 Å². The van der Waals surface area contributed by atoms with Crippen LogP contribution in [0.4, 0.5) is 5.69 Å². The molecule has 0 atom stereocenters. The third kappa shape index (κ3) is 5.89. The van der Waals surface area contributed by atoms with Crippen LogP contribution in [0.1, 0.15) is 29.8 Å².